The summed E-state index contributed by atoms with van der Waals surface area (Å²) in [6.45, 7) is 10.2. The predicted octanol–water partition coefficient (Wildman–Crippen LogP) is 9.71. The number of hydrogen-bond acceptors (Lipinski definition) is 1. The molecule has 218 valence electrons. The third kappa shape index (κ3) is 5.14. The Bertz CT molecular complexity index is 967. The van der Waals surface area contributed by atoms with Gasteiger partial charge in [-0.3, -0.25) is 0 Å². The molecule has 0 radical (unpaired) electrons. The van der Waals surface area contributed by atoms with E-state index < -0.39 is 0 Å². The van der Waals surface area contributed by atoms with Gasteiger partial charge in [-0.1, -0.05) is 96.3 Å². The molecule has 0 spiro atoms. The van der Waals surface area contributed by atoms with Gasteiger partial charge in [0.05, 0.1) is 5.41 Å². The fraction of sp³-hybridized carbons (Fsp3) is 0.811. The summed E-state index contributed by atoms with van der Waals surface area (Å²) in [5.41, 5.74) is 4.09. The maximum absolute atomic E-state index is 2.75. The predicted molar refractivity (Wildman–Crippen MR) is 168 cm³/mol. The quantitative estimate of drug-likeness (QED) is 0.257. The van der Waals surface area contributed by atoms with Crippen molar-refractivity contribution in [3.63, 3.8) is 0 Å². The van der Waals surface area contributed by atoms with Crippen LogP contribution in [0.3, 0.4) is 0 Å². The molecule has 1 saturated heterocycles. The van der Waals surface area contributed by atoms with Gasteiger partial charge in [-0.15, -0.1) is 0 Å². The van der Waals surface area contributed by atoms with Crippen molar-refractivity contribution in [3.05, 3.63) is 36.1 Å². The monoisotopic (exact) mass is 533 g/mol. The zero-order chi connectivity index (χ0) is 27.7. The highest BCUT2D eigenvalue weighted by Gasteiger charge is 2.63. The maximum Gasteiger partial charge on any atom is 0.182 e. The molecule has 0 aromatic heterocycles. The zero-order valence-corrected chi connectivity index (χ0v) is 26.6. The third-order valence-electron chi connectivity index (χ3n) is 12.8. The van der Waals surface area contributed by atoms with Crippen LogP contribution < -0.4 is 0 Å². The van der Waals surface area contributed by atoms with Crippen molar-refractivity contribution in [2.45, 2.75) is 149 Å². The second-order valence-corrected chi connectivity index (χ2v) is 15.3. The van der Waals surface area contributed by atoms with Gasteiger partial charge in [0.2, 0.25) is 0 Å². The van der Waals surface area contributed by atoms with Gasteiger partial charge >= 0.3 is 0 Å². The van der Waals surface area contributed by atoms with Crippen LogP contribution in [0, 0.1) is 28.1 Å². The van der Waals surface area contributed by atoms with Gasteiger partial charge in [0.1, 0.15) is 7.05 Å². The molecule has 2 heteroatoms. The largest absolute Gasteiger partial charge is 0.374 e. The highest BCUT2D eigenvalue weighted by atomic mass is 15.2. The Morgan fingerprint density at radius 2 is 1.33 bits per heavy atom. The molecular formula is C37H61N2+. The van der Waals surface area contributed by atoms with Crippen LogP contribution in [-0.2, 0) is 0 Å². The summed E-state index contributed by atoms with van der Waals surface area (Å²) in [5, 5.41) is 0. The van der Waals surface area contributed by atoms with Gasteiger partial charge in [-0.05, 0) is 64.4 Å². The van der Waals surface area contributed by atoms with E-state index in [0.29, 0.717) is 5.41 Å². The molecule has 4 unspecified atom stereocenters. The van der Waals surface area contributed by atoms with Crippen LogP contribution in [0.1, 0.15) is 137 Å². The van der Waals surface area contributed by atoms with Gasteiger partial charge in [0, 0.05) is 48.0 Å². The molecule has 2 aliphatic heterocycles. The van der Waals surface area contributed by atoms with E-state index in [-0.39, 0.29) is 10.8 Å². The van der Waals surface area contributed by atoms with Crippen molar-refractivity contribution in [3.8, 4) is 0 Å². The first kappa shape index (κ1) is 29.2. The summed E-state index contributed by atoms with van der Waals surface area (Å²) < 4.78 is 2.62. The third-order valence-corrected chi connectivity index (χ3v) is 12.8. The van der Waals surface area contributed by atoms with Crippen LogP contribution in [0.5, 0.6) is 0 Å². The van der Waals surface area contributed by atoms with Crippen molar-refractivity contribution in [1.29, 1.82) is 0 Å². The summed E-state index contributed by atoms with van der Waals surface area (Å²) in [5.74, 6) is 1.70. The van der Waals surface area contributed by atoms with Crippen molar-refractivity contribution in [2.24, 2.45) is 28.1 Å². The number of likely N-dealkylation sites (tertiary alicyclic amines) is 1. The minimum absolute atomic E-state index is 0.230. The van der Waals surface area contributed by atoms with Crippen LogP contribution in [-0.4, -0.2) is 41.4 Å². The average molecular weight is 534 g/mol. The summed E-state index contributed by atoms with van der Waals surface area (Å²) in [4.78, 5) is 2.75. The fourth-order valence-electron chi connectivity index (χ4n) is 10.9. The number of allylic oxidation sites excluding steroid dienone is 6. The molecular weight excluding hydrogens is 472 g/mol. The molecule has 3 saturated carbocycles. The minimum atomic E-state index is 0.230. The number of nitrogens with zero attached hydrogens (tertiary/aromatic N) is 2. The van der Waals surface area contributed by atoms with Crippen LogP contribution in [0.25, 0.3) is 0 Å². The second-order valence-electron chi connectivity index (χ2n) is 15.3. The van der Waals surface area contributed by atoms with Crippen molar-refractivity contribution >= 4 is 5.71 Å². The van der Waals surface area contributed by atoms with Gasteiger partial charge < -0.3 is 4.90 Å². The lowest BCUT2D eigenvalue weighted by Gasteiger charge is -2.53. The first-order chi connectivity index (χ1) is 18.7. The fourth-order valence-corrected chi connectivity index (χ4v) is 10.9. The van der Waals surface area contributed by atoms with Crippen molar-refractivity contribution in [2.75, 3.05) is 14.1 Å². The van der Waals surface area contributed by atoms with E-state index in [2.05, 4.69) is 81.6 Å². The molecule has 3 aliphatic carbocycles. The first-order valence-corrected chi connectivity index (χ1v) is 17.1. The van der Waals surface area contributed by atoms with E-state index in [0.717, 1.165) is 23.9 Å². The van der Waals surface area contributed by atoms with Crippen molar-refractivity contribution in [1.82, 2.24) is 4.90 Å². The van der Waals surface area contributed by atoms with Gasteiger partial charge in [-0.2, -0.15) is 0 Å². The molecule has 39 heavy (non-hydrogen) atoms. The van der Waals surface area contributed by atoms with Crippen LogP contribution >= 0.6 is 0 Å². The van der Waals surface area contributed by atoms with E-state index in [1.165, 1.54) is 115 Å². The van der Waals surface area contributed by atoms with E-state index in [1.807, 2.05) is 0 Å². The molecule has 5 aliphatic rings. The smallest absolute Gasteiger partial charge is 0.182 e. The number of fused-ring (bicyclic) bond motifs is 2. The molecule has 0 aromatic carbocycles. The van der Waals surface area contributed by atoms with Crippen LogP contribution in [0.4, 0.5) is 0 Å². The average Bonchev–Trinajstić information content (AvgIpc) is 3.23. The van der Waals surface area contributed by atoms with Crippen molar-refractivity contribution < 1.29 is 4.58 Å². The SMILES string of the molecule is CN1C(=CC=CC=CC2=[N+](C)C3CCCCC3C2(C)C)C(C)(C)C2(C3CCCCCCCCC3)CCCCC12. The molecule has 0 N–H and O–H groups in total. The Morgan fingerprint density at radius 1 is 0.718 bits per heavy atom. The van der Waals surface area contributed by atoms with Gasteiger partial charge in [0.15, 0.2) is 11.8 Å². The van der Waals surface area contributed by atoms with E-state index in [9.17, 15) is 0 Å². The Kier molecular flexibility index (Phi) is 8.90. The molecule has 5 rings (SSSR count). The Hall–Kier alpha value is -1.31. The second kappa shape index (κ2) is 11.9. The summed E-state index contributed by atoms with van der Waals surface area (Å²) in [7, 11) is 4.78. The Balaban J connectivity index is 1.37. The topological polar surface area (TPSA) is 6.25 Å². The molecule has 2 heterocycles. The lowest BCUT2D eigenvalue weighted by atomic mass is 9.51. The maximum atomic E-state index is 2.75. The zero-order valence-electron chi connectivity index (χ0n) is 26.6. The van der Waals surface area contributed by atoms with Crippen LogP contribution in [0.15, 0.2) is 36.1 Å². The number of rotatable bonds is 4. The van der Waals surface area contributed by atoms with Gasteiger partial charge in [-0.25, -0.2) is 4.58 Å². The Labute approximate surface area is 242 Å². The molecule has 4 fully saturated rings. The van der Waals surface area contributed by atoms with Crippen LogP contribution in [0.2, 0.25) is 0 Å². The van der Waals surface area contributed by atoms with E-state index in [1.54, 1.807) is 5.70 Å². The summed E-state index contributed by atoms with van der Waals surface area (Å²) >= 11 is 0. The standard InChI is InChI=1S/C37H61N2/c1-35(2)30-23-17-18-24-31(30)38(5)32(35)25-15-12-16-26-33-36(3,4)37(28-20-19-27-34(37)39(33)6)29-21-13-10-8-7-9-11-14-22-29/h12,15-16,25-26,29-31,34H,7-11,13-14,17-24,27-28H2,1-6H3/q+1. The summed E-state index contributed by atoms with van der Waals surface area (Å²) in [6, 6.07) is 1.46. The van der Waals surface area contributed by atoms with E-state index in [4.69, 9.17) is 0 Å². The highest BCUT2D eigenvalue weighted by Crippen LogP contribution is 2.66. The minimum Gasteiger partial charge on any atom is -0.374 e. The number of hydrogen-bond donors (Lipinski definition) is 0. The lowest BCUT2D eigenvalue weighted by Crippen LogP contribution is -2.50. The first-order valence-electron chi connectivity index (χ1n) is 17.1. The molecule has 0 amide bonds. The highest BCUT2D eigenvalue weighted by molar-refractivity contribution is 5.96. The van der Waals surface area contributed by atoms with E-state index >= 15 is 0 Å². The molecule has 0 bridgehead atoms. The van der Waals surface area contributed by atoms with Gasteiger partial charge in [0.25, 0.3) is 0 Å². The Morgan fingerprint density at radius 3 is 2.03 bits per heavy atom. The summed E-state index contributed by atoms with van der Waals surface area (Å²) in [6.07, 6.45) is 36.3. The normalized spacial score (nSPS) is 37.1. The molecule has 2 nitrogen and oxygen atoms in total. The lowest BCUT2D eigenvalue weighted by molar-refractivity contribution is -0.538. The molecule has 4 atom stereocenters. The molecule has 0 aromatic rings.